The monoisotopic (exact) mass is 485 g/mol. The van der Waals surface area contributed by atoms with E-state index in [4.69, 9.17) is 14.5 Å². The Morgan fingerprint density at radius 1 is 1.20 bits per heavy atom. The molecular formula is C25H35N5O5. The number of amides is 1. The molecule has 0 bridgehead atoms. The van der Waals surface area contributed by atoms with E-state index in [1.54, 1.807) is 23.7 Å². The number of hydrogen-bond acceptors (Lipinski definition) is 7. The van der Waals surface area contributed by atoms with Gasteiger partial charge in [-0.25, -0.2) is 14.5 Å². The van der Waals surface area contributed by atoms with Crippen molar-refractivity contribution in [3.05, 3.63) is 23.5 Å². The number of carboxylic acids is 1. The number of pyridine rings is 1. The predicted octanol–water partition coefficient (Wildman–Crippen LogP) is 4.15. The Balaban J connectivity index is 1.54. The standard InChI is InChI=1S/C25H35N5O5/c1-4-13-29(2)25(33)34-15-20-23(27-28-30(20)3)19-11-12-21(22(26-19)16-7-5-8-16)35-18-10-6-9-17(14-18)24(31)32/h11-12,16-18H,4-10,13-15H2,1-3H3,(H,31,32)/t17-,18-/m0/s1. The second kappa shape index (κ2) is 11.0. The molecule has 2 heterocycles. The Morgan fingerprint density at radius 2 is 1.97 bits per heavy atom. The number of ether oxygens (including phenoxy) is 2. The van der Waals surface area contributed by atoms with Crippen LogP contribution in [-0.4, -0.2) is 61.7 Å². The first kappa shape index (κ1) is 24.9. The van der Waals surface area contributed by atoms with Gasteiger partial charge in [0.25, 0.3) is 0 Å². The molecule has 0 spiro atoms. The lowest BCUT2D eigenvalue weighted by Crippen LogP contribution is -2.30. The zero-order valence-corrected chi connectivity index (χ0v) is 20.8. The van der Waals surface area contributed by atoms with Crippen molar-refractivity contribution in [1.82, 2.24) is 24.9 Å². The second-order valence-corrected chi connectivity index (χ2v) is 9.63. The zero-order chi connectivity index (χ0) is 24.9. The molecule has 2 fully saturated rings. The zero-order valence-electron chi connectivity index (χ0n) is 20.8. The van der Waals surface area contributed by atoms with Gasteiger partial charge in [-0.3, -0.25) is 4.79 Å². The van der Waals surface area contributed by atoms with Crippen LogP contribution in [0, 0.1) is 5.92 Å². The summed E-state index contributed by atoms with van der Waals surface area (Å²) in [5.41, 5.74) is 2.80. The Bertz CT molecular complexity index is 1050. The molecule has 190 valence electrons. The van der Waals surface area contributed by atoms with Gasteiger partial charge in [0.2, 0.25) is 0 Å². The molecule has 10 nitrogen and oxygen atoms in total. The SMILES string of the molecule is CCCN(C)C(=O)OCc1c(-c2ccc(O[C@H]3CCC[C@H](C(=O)O)C3)c(C3CCC3)n2)nnn1C. The lowest BCUT2D eigenvalue weighted by atomic mass is 9.82. The van der Waals surface area contributed by atoms with E-state index in [2.05, 4.69) is 10.3 Å². The molecule has 4 rings (SSSR count). The van der Waals surface area contributed by atoms with E-state index < -0.39 is 12.1 Å². The average molecular weight is 486 g/mol. The average Bonchev–Trinajstić information content (AvgIpc) is 3.18. The minimum absolute atomic E-state index is 0.0447. The molecule has 2 atom stereocenters. The van der Waals surface area contributed by atoms with Crippen molar-refractivity contribution < 1.29 is 24.2 Å². The number of hydrogen-bond donors (Lipinski definition) is 1. The highest BCUT2D eigenvalue weighted by Crippen LogP contribution is 2.42. The summed E-state index contributed by atoms with van der Waals surface area (Å²) in [7, 11) is 3.48. The molecule has 0 unspecified atom stereocenters. The van der Waals surface area contributed by atoms with Crippen molar-refractivity contribution >= 4 is 12.1 Å². The highest BCUT2D eigenvalue weighted by molar-refractivity contribution is 5.70. The van der Waals surface area contributed by atoms with Crippen LogP contribution in [0.3, 0.4) is 0 Å². The molecule has 2 saturated carbocycles. The summed E-state index contributed by atoms with van der Waals surface area (Å²) >= 11 is 0. The van der Waals surface area contributed by atoms with E-state index in [-0.39, 0.29) is 18.6 Å². The second-order valence-electron chi connectivity index (χ2n) is 9.63. The molecule has 2 aromatic rings. The van der Waals surface area contributed by atoms with Gasteiger partial charge < -0.3 is 19.5 Å². The van der Waals surface area contributed by atoms with Gasteiger partial charge in [0, 0.05) is 26.6 Å². The summed E-state index contributed by atoms with van der Waals surface area (Å²) in [5, 5.41) is 17.9. The topological polar surface area (TPSA) is 120 Å². The third kappa shape index (κ3) is 5.74. The first-order chi connectivity index (χ1) is 16.9. The van der Waals surface area contributed by atoms with Crippen LogP contribution in [0.15, 0.2) is 12.1 Å². The quantitative estimate of drug-likeness (QED) is 0.563. The van der Waals surface area contributed by atoms with E-state index in [1.165, 1.54) is 0 Å². The van der Waals surface area contributed by atoms with Gasteiger partial charge in [0.05, 0.1) is 23.4 Å². The minimum atomic E-state index is -0.747. The van der Waals surface area contributed by atoms with Crippen LogP contribution in [0.1, 0.15) is 75.6 Å². The lowest BCUT2D eigenvalue weighted by molar-refractivity contribution is -0.143. The molecule has 1 N–H and O–H groups in total. The van der Waals surface area contributed by atoms with Gasteiger partial charge in [-0.1, -0.05) is 18.6 Å². The number of carbonyl (C=O) groups is 2. The van der Waals surface area contributed by atoms with Crippen LogP contribution >= 0.6 is 0 Å². The third-order valence-electron chi connectivity index (χ3n) is 7.04. The largest absolute Gasteiger partial charge is 0.488 e. The summed E-state index contributed by atoms with van der Waals surface area (Å²) in [6, 6.07) is 3.77. The summed E-state index contributed by atoms with van der Waals surface area (Å²) in [6.45, 7) is 2.67. The number of aryl methyl sites for hydroxylation is 1. The van der Waals surface area contributed by atoms with Crippen LogP contribution in [0.2, 0.25) is 0 Å². The van der Waals surface area contributed by atoms with Crippen LogP contribution in [-0.2, 0) is 23.2 Å². The molecule has 10 heteroatoms. The molecule has 0 aliphatic heterocycles. The Kier molecular flexibility index (Phi) is 7.87. The number of nitrogens with zero attached hydrogens (tertiary/aromatic N) is 5. The van der Waals surface area contributed by atoms with Gasteiger partial charge in [-0.15, -0.1) is 5.10 Å². The van der Waals surface area contributed by atoms with Crippen molar-refractivity contribution in [3.8, 4) is 17.1 Å². The van der Waals surface area contributed by atoms with Crippen LogP contribution in [0.5, 0.6) is 5.75 Å². The van der Waals surface area contributed by atoms with E-state index >= 15 is 0 Å². The maximum atomic E-state index is 12.3. The maximum absolute atomic E-state index is 12.3. The first-order valence-corrected chi connectivity index (χ1v) is 12.5. The Morgan fingerprint density at radius 3 is 2.66 bits per heavy atom. The van der Waals surface area contributed by atoms with Crippen LogP contribution < -0.4 is 4.74 Å². The fraction of sp³-hybridized carbons (Fsp3) is 0.640. The van der Waals surface area contributed by atoms with Gasteiger partial charge in [0.15, 0.2) is 0 Å². The van der Waals surface area contributed by atoms with Crippen molar-refractivity contribution in [1.29, 1.82) is 0 Å². The van der Waals surface area contributed by atoms with Crippen LogP contribution in [0.4, 0.5) is 4.79 Å². The molecule has 0 saturated heterocycles. The lowest BCUT2D eigenvalue weighted by Gasteiger charge is -2.31. The fourth-order valence-corrected chi connectivity index (χ4v) is 4.73. The fourth-order valence-electron chi connectivity index (χ4n) is 4.73. The smallest absolute Gasteiger partial charge is 0.409 e. The highest BCUT2D eigenvalue weighted by Gasteiger charge is 2.31. The summed E-state index contributed by atoms with van der Waals surface area (Å²) < 4.78 is 13.4. The first-order valence-electron chi connectivity index (χ1n) is 12.5. The van der Waals surface area contributed by atoms with Crippen LogP contribution in [0.25, 0.3) is 11.4 Å². The van der Waals surface area contributed by atoms with E-state index in [0.29, 0.717) is 42.4 Å². The number of aromatic nitrogens is 4. The molecule has 0 radical (unpaired) electrons. The molecule has 2 aromatic heterocycles. The maximum Gasteiger partial charge on any atom is 0.409 e. The van der Waals surface area contributed by atoms with E-state index in [0.717, 1.165) is 50.0 Å². The Labute approximate surface area is 205 Å². The minimum Gasteiger partial charge on any atom is -0.488 e. The van der Waals surface area contributed by atoms with Gasteiger partial charge >= 0.3 is 12.1 Å². The van der Waals surface area contributed by atoms with Gasteiger partial charge in [0.1, 0.15) is 23.7 Å². The number of rotatable bonds is 9. The Hall–Kier alpha value is -3.17. The molecule has 1 amide bonds. The molecule has 35 heavy (non-hydrogen) atoms. The van der Waals surface area contributed by atoms with E-state index in [9.17, 15) is 14.7 Å². The van der Waals surface area contributed by atoms with Crippen molar-refractivity contribution in [2.45, 2.75) is 76.9 Å². The van der Waals surface area contributed by atoms with E-state index in [1.807, 2.05) is 19.1 Å². The predicted molar refractivity (Wildman–Crippen MR) is 128 cm³/mol. The van der Waals surface area contributed by atoms with Crippen molar-refractivity contribution in [3.63, 3.8) is 0 Å². The summed E-state index contributed by atoms with van der Waals surface area (Å²) in [6.07, 6.45) is 6.50. The number of aliphatic carboxylic acids is 1. The van der Waals surface area contributed by atoms with Crippen molar-refractivity contribution in [2.24, 2.45) is 13.0 Å². The third-order valence-corrected chi connectivity index (χ3v) is 7.04. The molecule has 2 aliphatic rings. The highest BCUT2D eigenvalue weighted by atomic mass is 16.6. The van der Waals surface area contributed by atoms with Gasteiger partial charge in [-0.05, 0) is 57.1 Å². The van der Waals surface area contributed by atoms with Crippen molar-refractivity contribution in [2.75, 3.05) is 13.6 Å². The number of carboxylic acid groups (broad SMARTS) is 1. The molecular weight excluding hydrogens is 450 g/mol. The summed E-state index contributed by atoms with van der Waals surface area (Å²) in [5.74, 6) is -0.0610. The summed E-state index contributed by atoms with van der Waals surface area (Å²) in [4.78, 5) is 30.2. The number of carbonyl (C=O) groups excluding carboxylic acids is 1. The molecule has 0 aromatic carbocycles. The normalized spacial score (nSPS) is 20.2. The van der Waals surface area contributed by atoms with Gasteiger partial charge in [-0.2, -0.15) is 0 Å². The molecule has 2 aliphatic carbocycles.